The van der Waals surface area contributed by atoms with Gasteiger partial charge in [-0.2, -0.15) is 0 Å². The molecular weight excluding hydrogens is 296 g/mol. The van der Waals surface area contributed by atoms with Crippen LogP contribution in [0, 0.1) is 6.92 Å². The minimum Gasteiger partial charge on any atom is -0.444 e. The van der Waals surface area contributed by atoms with Crippen LogP contribution in [0.15, 0.2) is 16.7 Å². The number of alkyl carbamates (subject to hydrolysis) is 1. The quantitative estimate of drug-likeness (QED) is 0.904. The van der Waals surface area contributed by atoms with Crippen molar-refractivity contribution in [3.8, 4) is 0 Å². The molecule has 0 bridgehead atoms. The molecule has 0 spiro atoms. The molecule has 1 rings (SSSR count). The Morgan fingerprint density at radius 1 is 1.50 bits per heavy atom. The molecule has 0 saturated carbocycles. The molecule has 0 aliphatic carbocycles. The second-order valence-corrected chi connectivity index (χ2v) is 6.14. The van der Waals surface area contributed by atoms with E-state index in [4.69, 9.17) is 4.74 Å². The number of aromatic nitrogens is 1. The fourth-order valence-electron chi connectivity index (χ4n) is 1.56. The summed E-state index contributed by atoms with van der Waals surface area (Å²) in [6.07, 6.45) is 1.29. The lowest BCUT2D eigenvalue weighted by molar-refractivity contribution is 0.0507. The maximum Gasteiger partial charge on any atom is 0.408 e. The van der Waals surface area contributed by atoms with E-state index in [0.29, 0.717) is 0 Å². The van der Waals surface area contributed by atoms with Crippen LogP contribution in [0.4, 0.5) is 4.79 Å². The van der Waals surface area contributed by atoms with Gasteiger partial charge in [-0.1, -0.05) is 0 Å². The number of rotatable bonds is 2. The molecule has 1 atom stereocenters. The van der Waals surface area contributed by atoms with Gasteiger partial charge in [-0.25, -0.2) is 4.79 Å². The number of amides is 1. The predicted octanol–water partition coefficient (Wildman–Crippen LogP) is 3.74. The first-order valence-corrected chi connectivity index (χ1v) is 6.60. The molecule has 1 heterocycles. The van der Waals surface area contributed by atoms with Crippen molar-refractivity contribution in [2.75, 3.05) is 0 Å². The molecule has 0 aliphatic rings. The van der Waals surface area contributed by atoms with Gasteiger partial charge < -0.3 is 10.1 Å². The largest absolute Gasteiger partial charge is 0.444 e. The van der Waals surface area contributed by atoms with E-state index in [1.807, 2.05) is 40.7 Å². The Balaban J connectivity index is 2.71. The normalized spacial score (nSPS) is 13.0. The fourth-order valence-corrected chi connectivity index (χ4v) is 2.00. The van der Waals surface area contributed by atoms with Crippen LogP contribution in [0.25, 0.3) is 0 Å². The highest BCUT2D eigenvalue weighted by molar-refractivity contribution is 9.10. The molecule has 0 aliphatic heterocycles. The van der Waals surface area contributed by atoms with Crippen molar-refractivity contribution in [3.05, 3.63) is 28.0 Å². The molecule has 100 valence electrons. The van der Waals surface area contributed by atoms with Gasteiger partial charge in [0.05, 0.1) is 11.7 Å². The topological polar surface area (TPSA) is 51.2 Å². The molecular formula is C13H19BrN2O2. The van der Waals surface area contributed by atoms with E-state index in [9.17, 15) is 4.79 Å². The third kappa shape index (κ3) is 4.64. The summed E-state index contributed by atoms with van der Waals surface area (Å²) in [7, 11) is 0. The summed E-state index contributed by atoms with van der Waals surface area (Å²) in [5, 5.41) is 2.77. The smallest absolute Gasteiger partial charge is 0.408 e. The van der Waals surface area contributed by atoms with Crippen LogP contribution in [-0.2, 0) is 4.74 Å². The van der Waals surface area contributed by atoms with Gasteiger partial charge in [-0.3, -0.25) is 4.98 Å². The van der Waals surface area contributed by atoms with E-state index in [2.05, 4.69) is 26.2 Å². The number of nitrogens with zero attached hydrogens (tertiary/aromatic N) is 1. The van der Waals surface area contributed by atoms with Gasteiger partial charge >= 0.3 is 6.09 Å². The van der Waals surface area contributed by atoms with Crippen molar-refractivity contribution in [1.82, 2.24) is 10.3 Å². The Hall–Kier alpha value is -1.10. The van der Waals surface area contributed by atoms with Crippen LogP contribution in [-0.4, -0.2) is 16.7 Å². The summed E-state index contributed by atoms with van der Waals surface area (Å²) in [5.41, 5.74) is 1.36. The highest BCUT2D eigenvalue weighted by Gasteiger charge is 2.19. The van der Waals surface area contributed by atoms with E-state index in [1.165, 1.54) is 0 Å². The van der Waals surface area contributed by atoms with E-state index >= 15 is 0 Å². The zero-order chi connectivity index (χ0) is 13.9. The summed E-state index contributed by atoms with van der Waals surface area (Å²) in [6.45, 7) is 9.34. The predicted molar refractivity (Wildman–Crippen MR) is 74.5 cm³/mol. The molecule has 0 unspecified atom stereocenters. The van der Waals surface area contributed by atoms with Crippen molar-refractivity contribution >= 4 is 22.0 Å². The average Bonchev–Trinajstić information content (AvgIpc) is 2.13. The van der Waals surface area contributed by atoms with Crippen LogP contribution >= 0.6 is 15.9 Å². The molecule has 0 fully saturated rings. The number of halogens is 1. The van der Waals surface area contributed by atoms with Gasteiger partial charge in [0.15, 0.2) is 0 Å². The second kappa shape index (κ2) is 5.69. The molecule has 1 aromatic heterocycles. The van der Waals surface area contributed by atoms with E-state index in [1.54, 1.807) is 6.20 Å². The lowest BCUT2D eigenvalue weighted by Gasteiger charge is -2.22. The van der Waals surface area contributed by atoms with Gasteiger partial charge in [0.25, 0.3) is 0 Å². The molecule has 1 aromatic rings. The van der Waals surface area contributed by atoms with Gasteiger partial charge in [0, 0.05) is 10.7 Å². The minimum atomic E-state index is -0.494. The number of carbonyl (C=O) groups excluding carboxylic acids is 1. The SMILES string of the molecule is Cc1cc(Br)cnc1[C@H](C)NC(=O)OC(C)(C)C. The summed E-state index contributed by atoms with van der Waals surface area (Å²) >= 11 is 3.36. The first-order valence-electron chi connectivity index (χ1n) is 5.80. The Labute approximate surface area is 116 Å². The minimum absolute atomic E-state index is 0.187. The Morgan fingerprint density at radius 3 is 2.61 bits per heavy atom. The Morgan fingerprint density at radius 2 is 2.11 bits per heavy atom. The van der Waals surface area contributed by atoms with Crippen molar-refractivity contribution in [2.24, 2.45) is 0 Å². The number of pyridine rings is 1. The fraction of sp³-hybridized carbons (Fsp3) is 0.538. The van der Waals surface area contributed by atoms with E-state index in [0.717, 1.165) is 15.7 Å². The van der Waals surface area contributed by atoms with Crippen LogP contribution in [0.2, 0.25) is 0 Å². The van der Waals surface area contributed by atoms with Crippen LogP contribution in [0.1, 0.15) is 45.0 Å². The zero-order valence-electron chi connectivity index (χ0n) is 11.4. The third-order valence-electron chi connectivity index (χ3n) is 2.23. The Kier molecular flexibility index (Phi) is 4.73. The lowest BCUT2D eigenvalue weighted by atomic mass is 10.1. The number of hydrogen-bond acceptors (Lipinski definition) is 3. The van der Waals surface area contributed by atoms with Crippen molar-refractivity contribution in [3.63, 3.8) is 0 Å². The van der Waals surface area contributed by atoms with Crippen LogP contribution in [0.5, 0.6) is 0 Å². The van der Waals surface area contributed by atoms with Crippen molar-refractivity contribution < 1.29 is 9.53 Å². The first kappa shape index (κ1) is 15.0. The Bertz CT molecular complexity index is 441. The lowest BCUT2D eigenvalue weighted by Crippen LogP contribution is -2.34. The first-order chi connectivity index (χ1) is 8.19. The molecule has 1 N–H and O–H groups in total. The second-order valence-electron chi connectivity index (χ2n) is 5.22. The molecule has 5 heteroatoms. The van der Waals surface area contributed by atoms with Gasteiger partial charge in [0.2, 0.25) is 0 Å². The maximum atomic E-state index is 11.7. The highest BCUT2D eigenvalue weighted by Crippen LogP contribution is 2.19. The van der Waals surface area contributed by atoms with Crippen LogP contribution in [0.3, 0.4) is 0 Å². The zero-order valence-corrected chi connectivity index (χ0v) is 13.0. The average molecular weight is 315 g/mol. The molecule has 1 amide bonds. The summed E-state index contributed by atoms with van der Waals surface area (Å²) < 4.78 is 6.13. The van der Waals surface area contributed by atoms with Gasteiger partial charge in [0.1, 0.15) is 5.60 Å². The maximum absolute atomic E-state index is 11.7. The number of nitrogens with one attached hydrogen (secondary N) is 1. The number of ether oxygens (including phenoxy) is 1. The standard InChI is InChI=1S/C13H19BrN2O2/c1-8-6-10(14)7-15-11(8)9(2)16-12(17)18-13(3,4)5/h6-7,9H,1-5H3,(H,16,17)/t9-/m0/s1. The molecule has 0 saturated heterocycles. The van der Waals surface area contributed by atoms with Gasteiger partial charge in [-0.15, -0.1) is 0 Å². The molecule has 18 heavy (non-hydrogen) atoms. The molecule has 0 aromatic carbocycles. The number of carbonyl (C=O) groups is 1. The summed E-state index contributed by atoms with van der Waals surface area (Å²) in [6, 6.07) is 1.78. The monoisotopic (exact) mass is 314 g/mol. The number of aryl methyl sites for hydroxylation is 1. The highest BCUT2D eigenvalue weighted by atomic mass is 79.9. The summed E-state index contributed by atoms with van der Waals surface area (Å²) in [4.78, 5) is 16.0. The van der Waals surface area contributed by atoms with Crippen LogP contribution < -0.4 is 5.32 Å². The van der Waals surface area contributed by atoms with Crippen molar-refractivity contribution in [2.45, 2.75) is 46.3 Å². The van der Waals surface area contributed by atoms with Crippen molar-refractivity contribution in [1.29, 1.82) is 0 Å². The third-order valence-corrected chi connectivity index (χ3v) is 2.66. The van der Waals surface area contributed by atoms with E-state index in [-0.39, 0.29) is 6.04 Å². The molecule has 4 nitrogen and oxygen atoms in total. The summed E-state index contributed by atoms with van der Waals surface area (Å²) in [5.74, 6) is 0. The van der Waals surface area contributed by atoms with Gasteiger partial charge in [-0.05, 0) is 62.2 Å². The molecule has 0 radical (unpaired) electrons. The number of hydrogen-bond donors (Lipinski definition) is 1. The van der Waals surface area contributed by atoms with E-state index < -0.39 is 11.7 Å².